The molecule has 2 aromatic rings. The molecule has 0 fully saturated rings. The van der Waals surface area contributed by atoms with Crippen molar-refractivity contribution in [1.29, 1.82) is 0 Å². The number of nitrogens with one attached hydrogen (secondary N) is 2. The normalized spacial score (nSPS) is 16.2. The molecule has 0 radical (unpaired) electrons. The highest BCUT2D eigenvalue weighted by molar-refractivity contribution is 6.35. The van der Waals surface area contributed by atoms with Gasteiger partial charge in [-0.1, -0.05) is 17.7 Å². The summed E-state index contributed by atoms with van der Waals surface area (Å²) in [7, 11) is 0. The zero-order valence-corrected chi connectivity index (χ0v) is 9.81. The number of hydrogen-bond donors (Lipinski definition) is 2. The highest BCUT2D eigenvalue weighted by Crippen LogP contribution is 2.29. The standard InChI is InChI=1S/C12H11ClFN3/c13-10-5-8(14)4-9-11(16-17-12(9)10)7-2-1-3-15-6-7/h2,4-5,15H,1,3,6H2,(H,16,17). The van der Waals surface area contributed by atoms with Gasteiger partial charge in [-0.25, -0.2) is 4.39 Å². The van der Waals surface area contributed by atoms with Crippen LogP contribution in [0.3, 0.4) is 0 Å². The van der Waals surface area contributed by atoms with E-state index in [-0.39, 0.29) is 5.82 Å². The van der Waals surface area contributed by atoms with Crippen LogP contribution in [0.4, 0.5) is 4.39 Å². The molecule has 5 heteroatoms. The molecule has 2 N–H and O–H groups in total. The molecule has 1 aromatic heterocycles. The van der Waals surface area contributed by atoms with Crippen molar-refractivity contribution in [1.82, 2.24) is 15.5 Å². The molecule has 2 heterocycles. The molecule has 88 valence electrons. The van der Waals surface area contributed by atoms with Crippen molar-refractivity contribution >= 4 is 28.1 Å². The second-order valence-electron chi connectivity index (χ2n) is 4.08. The second-order valence-corrected chi connectivity index (χ2v) is 4.48. The lowest BCUT2D eigenvalue weighted by atomic mass is 10.0. The zero-order valence-electron chi connectivity index (χ0n) is 9.06. The van der Waals surface area contributed by atoms with Crippen molar-refractivity contribution in [3.8, 4) is 0 Å². The van der Waals surface area contributed by atoms with E-state index >= 15 is 0 Å². The molecule has 0 saturated carbocycles. The Morgan fingerprint density at radius 1 is 1.35 bits per heavy atom. The molecular formula is C12H11ClFN3. The summed E-state index contributed by atoms with van der Waals surface area (Å²) < 4.78 is 13.4. The molecule has 1 aliphatic rings. The van der Waals surface area contributed by atoms with Crippen LogP contribution in [0, 0.1) is 5.82 Å². The molecule has 1 aliphatic heterocycles. The number of rotatable bonds is 1. The molecule has 3 rings (SSSR count). The molecule has 0 saturated heterocycles. The average molecular weight is 252 g/mol. The first-order valence-electron chi connectivity index (χ1n) is 5.49. The first-order valence-corrected chi connectivity index (χ1v) is 5.87. The topological polar surface area (TPSA) is 40.7 Å². The fourth-order valence-corrected chi connectivity index (χ4v) is 2.37. The maximum atomic E-state index is 13.4. The van der Waals surface area contributed by atoms with Crippen molar-refractivity contribution in [2.24, 2.45) is 0 Å². The van der Waals surface area contributed by atoms with Gasteiger partial charge in [-0.05, 0) is 30.7 Å². The number of aromatic nitrogens is 2. The van der Waals surface area contributed by atoms with E-state index in [0.717, 1.165) is 36.2 Å². The first-order chi connectivity index (χ1) is 8.25. The Morgan fingerprint density at radius 3 is 3.00 bits per heavy atom. The number of hydrogen-bond acceptors (Lipinski definition) is 2. The van der Waals surface area contributed by atoms with Gasteiger partial charge in [0.05, 0.1) is 10.7 Å². The number of fused-ring (bicyclic) bond motifs is 1. The summed E-state index contributed by atoms with van der Waals surface area (Å²) >= 11 is 5.96. The van der Waals surface area contributed by atoms with E-state index < -0.39 is 0 Å². The van der Waals surface area contributed by atoms with Gasteiger partial charge in [0, 0.05) is 11.9 Å². The Labute approximate surface area is 103 Å². The maximum Gasteiger partial charge on any atom is 0.125 e. The lowest BCUT2D eigenvalue weighted by Gasteiger charge is -2.12. The molecule has 1 aromatic carbocycles. The summed E-state index contributed by atoms with van der Waals surface area (Å²) in [6.07, 6.45) is 3.11. The minimum atomic E-state index is -0.338. The van der Waals surface area contributed by atoms with Crippen LogP contribution < -0.4 is 5.32 Å². The number of H-pyrrole nitrogens is 1. The van der Waals surface area contributed by atoms with Crippen molar-refractivity contribution < 1.29 is 4.39 Å². The third-order valence-corrected chi connectivity index (χ3v) is 3.21. The quantitative estimate of drug-likeness (QED) is 0.818. The van der Waals surface area contributed by atoms with E-state index in [1.165, 1.54) is 12.1 Å². The second kappa shape index (κ2) is 4.13. The molecule has 3 nitrogen and oxygen atoms in total. The first kappa shape index (κ1) is 10.7. The Hall–Kier alpha value is -1.39. The fourth-order valence-electron chi connectivity index (χ4n) is 2.12. The molecular weight excluding hydrogens is 241 g/mol. The third-order valence-electron chi connectivity index (χ3n) is 2.93. The van der Waals surface area contributed by atoms with E-state index in [2.05, 4.69) is 21.6 Å². The van der Waals surface area contributed by atoms with Crippen LogP contribution in [0.25, 0.3) is 16.5 Å². The van der Waals surface area contributed by atoms with E-state index in [1.54, 1.807) is 0 Å². The SMILES string of the molecule is Fc1cc(Cl)c2n[nH]c(C3=CCCNC3)c2c1. The number of nitrogens with zero attached hydrogens (tertiary/aromatic N) is 1. The van der Waals surface area contributed by atoms with Crippen LogP contribution in [0.15, 0.2) is 18.2 Å². The summed E-state index contributed by atoms with van der Waals surface area (Å²) in [5.41, 5.74) is 2.59. The molecule has 0 amide bonds. The zero-order chi connectivity index (χ0) is 11.8. The van der Waals surface area contributed by atoms with Crippen LogP contribution in [-0.4, -0.2) is 23.3 Å². The Morgan fingerprint density at radius 2 is 2.24 bits per heavy atom. The summed E-state index contributed by atoms with van der Waals surface area (Å²) in [6.45, 7) is 1.75. The summed E-state index contributed by atoms with van der Waals surface area (Å²) in [5, 5.41) is 11.4. The third kappa shape index (κ3) is 1.83. The highest BCUT2D eigenvalue weighted by Gasteiger charge is 2.14. The molecule has 17 heavy (non-hydrogen) atoms. The van der Waals surface area contributed by atoms with E-state index in [4.69, 9.17) is 11.6 Å². The van der Waals surface area contributed by atoms with Gasteiger partial charge in [0.25, 0.3) is 0 Å². The van der Waals surface area contributed by atoms with Gasteiger partial charge < -0.3 is 5.32 Å². The fraction of sp³-hybridized carbons (Fsp3) is 0.250. The van der Waals surface area contributed by atoms with Gasteiger partial charge in [0.1, 0.15) is 11.3 Å². The van der Waals surface area contributed by atoms with Crippen LogP contribution >= 0.6 is 11.6 Å². The molecule has 0 bridgehead atoms. The van der Waals surface area contributed by atoms with E-state index in [9.17, 15) is 4.39 Å². The van der Waals surface area contributed by atoms with E-state index in [0.29, 0.717) is 10.5 Å². The van der Waals surface area contributed by atoms with Crippen molar-refractivity contribution in [3.05, 3.63) is 34.7 Å². The van der Waals surface area contributed by atoms with Gasteiger partial charge in [-0.3, -0.25) is 5.10 Å². The van der Waals surface area contributed by atoms with Crippen molar-refractivity contribution in [2.75, 3.05) is 13.1 Å². The minimum absolute atomic E-state index is 0.338. The van der Waals surface area contributed by atoms with Crippen molar-refractivity contribution in [2.45, 2.75) is 6.42 Å². The number of halogens is 2. The smallest absolute Gasteiger partial charge is 0.125 e. The minimum Gasteiger partial charge on any atom is -0.312 e. The molecule has 0 unspecified atom stereocenters. The molecule has 0 aliphatic carbocycles. The monoisotopic (exact) mass is 251 g/mol. The average Bonchev–Trinajstić information content (AvgIpc) is 2.74. The Bertz CT molecular complexity index is 603. The van der Waals surface area contributed by atoms with Gasteiger partial charge >= 0.3 is 0 Å². The van der Waals surface area contributed by atoms with Crippen LogP contribution in [0.2, 0.25) is 5.02 Å². The largest absolute Gasteiger partial charge is 0.312 e. The molecule has 0 atom stereocenters. The van der Waals surface area contributed by atoms with Crippen molar-refractivity contribution in [3.63, 3.8) is 0 Å². The predicted octanol–water partition coefficient (Wildman–Crippen LogP) is 2.73. The van der Waals surface area contributed by atoms with Gasteiger partial charge in [0.2, 0.25) is 0 Å². The summed E-state index contributed by atoms with van der Waals surface area (Å²) in [5.74, 6) is -0.338. The maximum absolute atomic E-state index is 13.4. The number of benzene rings is 1. The lowest BCUT2D eigenvalue weighted by molar-refractivity contribution is 0.630. The van der Waals surface area contributed by atoms with Crippen LogP contribution in [-0.2, 0) is 0 Å². The number of aromatic amines is 1. The van der Waals surface area contributed by atoms with Gasteiger partial charge in [-0.15, -0.1) is 0 Å². The summed E-state index contributed by atoms with van der Waals surface area (Å²) in [6, 6.07) is 2.75. The lowest BCUT2D eigenvalue weighted by Crippen LogP contribution is -2.21. The molecule has 0 spiro atoms. The van der Waals surface area contributed by atoms with Crippen LogP contribution in [0.1, 0.15) is 12.1 Å². The Kier molecular flexibility index (Phi) is 2.61. The highest BCUT2D eigenvalue weighted by atomic mass is 35.5. The van der Waals surface area contributed by atoms with Gasteiger partial charge in [0.15, 0.2) is 0 Å². The van der Waals surface area contributed by atoms with Gasteiger partial charge in [-0.2, -0.15) is 5.10 Å². The van der Waals surface area contributed by atoms with E-state index in [1.807, 2.05) is 0 Å². The predicted molar refractivity (Wildman–Crippen MR) is 66.5 cm³/mol. The Balaban J connectivity index is 2.20. The van der Waals surface area contributed by atoms with Crippen LogP contribution in [0.5, 0.6) is 0 Å². The summed E-state index contributed by atoms with van der Waals surface area (Å²) in [4.78, 5) is 0.